The van der Waals surface area contributed by atoms with Crippen LogP contribution in [0.4, 0.5) is 18.9 Å². The minimum atomic E-state index is -4.66. The van der Waals surface area contributed by atoms with E-state index >= 15 is 0 Å². The van der Waals surface area contributed by atoms with Gasteiger partial charge in [0, 0.05) is 24.5 Å². The monoisotopic (exact) mass is 472 g/mol. The van der Waals surface area contributed by atoms with Crippen LogP contribution in [0.3, 0.4) is 0 Å². The molecule has 0 saturated heterocycles. The van der Waals surface area contributed by atoms with E-state index in [-0.39, 0.29) is 17.9 Å². The number of amides is 2. The van der Waals surface area contributed by atoms with Gasteiger partial charge in [-0.1, -0.05) is 37.3 Å². The Hall–Kier alpha value is -3.95. The Bertz CT molecular complexity index is 1280. The van der Waals surface area contributed by atoms with Crippen molar-refractivity contribution >= 4 is 17.5 Å². The molecule has 10 heteroatoms. The summed E-state index contributed by atoms with van der Waals surface area (Å²) < 4.78 is 41.4. The first-order valence-corrected chi connectivity index (χ1v) is 10.4. The second-order valence-corrected chi connectivity index (χ2v) is 7.65. The smallest absolute Gasteiger partial charge is 0.331 e. The van der Waals surface area contributed by atoms with E-state index in [0.29, 0.717) is 12.1 Å². The van der Waals surface area contributed by atoms with Crippen molar-refractivity contribution in [3.8, 4) is 5.69 Å². The molecule has 2 aromatic carbocycles. The van der Waals surface area contributed by atoms with Crippen molar-refractivity contribution in [2.45, 2.75) is 26.4 Å². The summed E-state index contributed by atoms with van der Waals surface area (Å²) in [5, 5.41) is 6.66. The average molecular weight is 472 g/mol. The summed E-state index contributed by atoms with van der Waals surface area (Å²) in [6.07, 6.45) is -3.97. The minimum absolute atomic E-state index is 0.120. The van der Waals surface area contributed by atoms with Gasteiger partial charge in [0.1, 0.15) is 0 Å². The number of hydrogen-bond donors (Lipinski definition) is 1. The van der Waals surface area contributed by atoms with Crippen LogP contribution in [0.2, 0.25) is 0 Å². The van der Waals surface area contributed by atoms with Gasteiger partial charge in [-0.05, 0) is 37.1 Å². The number of carbonyl (C=O) groups is 2. The first kappa shape index (κ1) is 24.7. The van der Waals surface area contributed by atoms with Crippen molar-refractivity contribution in [1.82, 2.24) is 14.7 Å². The number of para-hydroxylation sites is 2. The van der Waals surface area contributed by atoms with Crippen LogP contribution in [0, 0.1) is 6.92 Å². The number of rotatable bonds is 6. The number of aromatic nitrogens is 2. The number of anilines is 1. The van der Waals surface area contributed by atoms with E-state index < -0.39 is 34.7 Å². The Labute approximate surface area is 193 Å². The summed E-state index contributed by atoms with van der Waals surface area (Å²) in [5.74, 6) is -1.38. The highest BCUT2D eigenvalue weighted by Gasteiger charge is 2.34. The molecule has 0 aliphatic carbocycles. The fourth-order valence-electron chi connectivity index (χ4n) is 3.45. The Kier molecular flexibility index (Phi) is 7.19. The fourth-order valence-corrected chi connectivity index (χ4v) is 3.45. The first-order chi connectivity index (χ1) is 16.0. The first-order valence-electron chi connectivity index (χ1n) is 10.4. The number of benzene rings is 2. The molecule has 0 bridgehead atoms. The molecule has 0 atom stereocenters. The van der Waals surface area contributed by atoms with E-state index in [0.717, 1.165) is 27.3 Å². The molecule has 1 N–H and O–H groups in total. The number of carbonyl (C=O) groups excluding carboxylic acids is 2. The summed E-state index contributed by atoms with van der Waals surface area (Å²) in [6.45, 7) is 2.97. The number of likely N-dealkylation sites (N-methyl/N-ethyl adjacent to an activating group) is 1. The minimum Gasteiger partial charge on any atom is -0.331 e. The van der Waals surface area contributed by atoms with Crippen LogP contribution in [0.15, 0.2) is 59.4 Å². The maximum absolute atomic E-state index is 13.5. The summed E-state index contributed by atoms with van der Waals surface area (Å²) in [5.41, 5.74) is -0.992. The van der Waals surface area contributed by atoms with Gasteiger partial charge >= 0.3 is 6.18 Å². The van der Waals surface area contributed by atoms with Crippen molar-refractivity contribution in [1.29, 1.82) is 0 Å². The molecule has 0 saturated carbocycles. The molecule has 178 valence electrons. The molecule has 0 radical (unpaired) electrons. The van der Waals surface area contributed by atoms with Crippen LogP contribution < -0.4 is 10.7 Å². The zero-order chi connectivity index (χ0) is 25.0. The number of aryl methyl sites for hydroxylation is 2. The Morgan fingerprint density at radius 3 is 2.41 bits per heavy atom. The van der Waals surface area contributed by atoms with Gasteiger partial charge in [-0.15, -0.1) is 0 Å². The number of alkyl halides is 3. The molecule has 1 aromatic heterocycles. The van der Waals surface area contributed by atoms with E-state index in [1.165, 1.54) is 32.2 Å². The topological polar surface area (TPSA) is 84.3 Å². The van der Waals surface area contributed by atoms with Crippen LogP contribution in [0.25, 0.3) is 5.69 Å². The van der Waals surface area contributed by atoms with Gasteiger partial charge in [0.05, 0.1) is 17.8 Å². The highest BCUT2D eigenvalue weighted by molar-refractivity contribution is 5.98. The molecule has 1 heterocycles. The summed E-state index contributed by atoms with van der Waals surface area (Å²) in [4.78, 5) is 38.8. The van der Waals surface area contributed by atoms with Crippen molar-refractivity contribution in [2.75, 3.05) is 18.9 Å². The molecule has 0 aliphatic heterocycles. The molecule has 3 aromatic rings. The van der Waals surface area contributed by atoms with Gasteiger partial charge in [0.15, 0.2) is 5.69 Å². The van der Waals surface area contributed by atoms with Crippen LogP contribution in [0.1, 0.15) is 34.2 Å². The third kappa shape index (κ3) is 5.33. The van der Waals surface area contributed by atoms with Gasteiger partial charge in [0.2, 0.25) is 11.3 Å². The summed E-state index contributed by atoms with van der Waals surface area (Å²) in [7, 11) is 1.31. The predicted molar refractivity (Wildman–Crippen MR) is 121 cm³/mol. The van der Waals surface area contributed by atoms with Gasteiger partial charge in [0.25, 0.3) is 5.91 Å². The third-order valence-corrected chi connectivity index (χ3v) is 5.15. The maximum atomic E-state index is 13.5. The highest BCUT2D eigenvalue weighted by Crippen LogP contribution is 2.33. The van der Waals surface area contributed by atoms with Crippen LogP contribution in [0.5, 0.6) is 0 Å². The number of halogens is 3. The standard InChI is InChI=1S/C24H23F3N4O3/c1-4-16-9-5-7-11-18(16)28-21(33)14-30(3)23(34)22-20(32)13-15(2)31(29-22)19-12-8-6-10-17(19)24(25,26)27/h5-13H,4,14H2,1-3H3,(H,28,33). The van der Waals surface area contributed by atoms with E-state index in [9.17, 15) is 27.6 Å². The Balaban J connectivity index is 1.88. The number of hydrogen-bond acceptors (Lipinski definition) is 4. The lowest BCUT2D eigenvalue weighted by atomic mass is 10.1. The summed E-state index contributed by atoms with van der Waals surface area (Å²) in [6, 6.07) is 13.0. The van der Waals surface area contributed by atoms with Crippen molar-refractivity contribution in [2.24, 2.45) is 0 Å². The predicted octanol–water partition coefficient (Wildman–Crippen LogP) is 3.83. The molecule has 34 heavy (non-hydrogen) atoms. The second kappa shape index (κ2) is 9.90. The normalized spacial score (nSPS) is 11.2. The zero-order valence-corrected chi connectivity index (χ0v) is 18.8. The Morgan fingerprint density at radius 2 is 1.74 bits per heavy atom. The van der Waals surface area contributed by atoms with Gasteiger partial charge in [-0.2, -0.15) is 18.3 Å². The Morgan fingerprint density at radius 1 is 1.09 bits per heavy atom. The van der Waals surface area contributed by atoms with E-state index in [1.807, 2.05) is 19.1 Å². The fraction of sp³-hybridized carbons (Fsp3) is 0.250. The van der Waals surface area contributed by atoms with Crippen molar-refractivity contribution in [3.05, 3.63) is 87.3 Å². The lowest BCUT2D eigenvalue weighted by Crippen LogP contribution is -2.38. The summed E-state index contributed by atoms with van der Waals surface area (Å²) >= 11 is 0. The number of nitrogens with zero attached hydrogens (tertiary/aromatic N) is 3. The zero-order valence-electron chi connectivity index (χ0n) is 18.8. The van der Waals surface area contributed by atoms with Gasteiger partial charge < -0.3 is 10.2 Å². The van der Waals surface area contributed by atoms with E-state index in [2.05, 4.69) is 10.4 Å². The van der Waals surface area contributed by atoms with Crippen molar-refractivity contribution in [3.63, 3.8) is 0 Å². The third-order valence-electron chi connectivity index (χ3n) is 5.15. The lowest BCUT2D eigenvalue weighted by molar-refractivity contribution is -0.137. The average Bonchev–Trinajstić information content (AvgIpc) is 2.78. The number of nitrogens with one attached hydrogen (secondary N) is 1. The molecule has 0 fully saturated rings. The maximum Gasteiger partial charge on any atom is 0.418 e. The molecular weight excluding hydrogens is 449 g/mol. The SMILES string of the molecule is CCc1ccccc1NC(=O)CN(C)C(=O)c1nn(-c2ccccc2C(F)(F)F)c(C)cc1=O. The van der Waals surface area contributed by atoms with Gasteiger partial charge in [-0.3, -0.25) is 14.4 Å². The van der Waals surface area contributed by atoms with Crippen LogP contribution in [-0.4, -0.2) is 40.1 Å². The highest BCUT2D eigenvalue weighted by atomic mass is 19.4. The van der Waals surface area contributed by atoms with Crippen LogP contribution in [-0.2, 0) is 17.4 Å². The molecule has 7 nitrogen and oxygen atoms in total. The molecule has 2 amide bonds. The lowest BCUT2D eigenvalue weighted by Gasteiger charge is -2.19. The molecule has 0 aliphatic rings. The largest absolute Gasteiger partial charge is 0.418 e. The van der Waals surface area contributed by atoms with Crippen molar-refractivity contribution < 1.29 is 22.8 Å². The second-order valence-electron chi connectivity index (χ2n) is 7.65. The van der Waals surface area contributed by atoms with Gasteiger partial charge in [-0.25, -0.2) is 4.68 Å². The quantitative estimate of drug-likeness (QED) is 0.591. The van der Waals surface area contributed by atoms with Crippen LogP contribution >= 0.6 is 0 Å². The molecule has 3 rings (SSSR count). The van der Waals surface area contributed by atoms with E-state index in [1.54, 1.807) is 12.1 Å². The molecule has 0 unspecified atom stereocenters. The molecular formula is C24H23F3N4O3. The molecule has 0 spiro atoms. The van der Waals surface area contributed by atoms with E-state index in [4.69, 9.17) is 0 Å².